The zero-order valence-corrected chi connectivity index (χ0v) is 14.8. The van der Waals surface area contributed by atoms with E-state index in [1.54, 1.807) is 0 Å². The van der Waals surface area contributed by atoms with E-state index in [-0.39, 0.29) is 12.6 Å². The van der Waals surface area contributed by atoms with Gasteiger partial charge in [-0.1, -0.05) is 56.0 Å². The van der Waals surface area contributed by atoms with Gasteiger partial charge >= 0.3 is 11.9 Å². The molecule has 0 radical (unpaired) electrons. The normalized spacial score (nSPS) is 11.6. The van der Waals surface area contributed by atoms with Crippen molar-refractivity contribution < 1.29 is 19.1 Å². The van der Waals surface area contributed by atoms with Crippen LogP contribution in [0.2, 0.25) is 0 Å². The Hall–Kier alpha value is -2.88. The van der Waals surface area contributed by atoms with Gasteiger partial charge in [0.15, 0.2) is 0 Å². The van der Waals surface area contributed by atoms with E-state index < -0.39 is 5.97 Å². The maximum atomic E-state index is 11.7. The van der Waals surface area contributed by atoms with E-state index in [4.69, 9.17) is 9.47 Å². The van der Waals surface area contributed by atoms with E-state index in [1.165, 1.54) is 13.8 Å². The molecule has 0 atom stereocenters. The van der Waals surface area contributed by atoms with Crippen LogP contribution in [-0.2, 0) is 32.1 Å². The van der Waals surface area contributed by atoms with Crippen molar-refractivity contribution >= 4 is 24.3 Å². The van der Waals surface area contributed by atoms with E-state index in [0.717, 1.165) is 28.0 Å². The number of hydrogen-bond donors (Lipinski definition) is 0. The second kappa shape index (κ2) is 8.29. The molecule has 0 fully saturated rings. The molecule has 0 saturated heterocycles. The molecule has 4 nitrogen and oxygen atoms in total. The van der Waals surface area contributed by atoms with Crippen LogP contribution >= 0.6 is 0 Å². The largest absolute Gasteiger partial charge is 0.461 e. The number of carbonyl (C=O) groups is 2. The summed E-state index contributed by atoms with van der Waals surface area (Å²) in [7, 11) is 0. The highest BCUT2D eigenvalue weighted by Crippen LogP contribution is 2.19. The molecule has 2 rings (SSSR count). The van der Waals surface area contributed by atoms with Gasteiger partial charge in [0.05, 0.1) is 0 Å². The molecule has 0 heterocycles. The zero-order chi connectivity index (χ0) is 18.4. The first-order valence-corrected chi connectivity index (χ1v) is 8.14. The fourth-order valence-corrected chi connectivity index (χ4v) is 2.53. The van der Waals surface area contributed by atoms with Crippen molar-refractivity contribution in [2.75, 3.05) is 0 Å². The minimum absolute atomic E-state index is 0.107. The number of ether oxygens (including phenoxy) is 2. The Bertz CT molecular complexity index is 896. The van der Waals surface area contributed by atoms with E-state index in [0.29, 0.717) is 11.3 Å². The molecule has 0 saturated carbocycles. The van der Waals surface area contributed by atoms with Crippen molar-refractivity contribution in [1.82, 2.24) is 0 Å². The third-order valence-corrected chi connectivity index (χ3v) is 3.76. The SMILES string of the molecule is C=c1cc(CC)cc/c1=C(\OC(C)=O)c1ccccc1COC(C)=O. The molecule has 2 aromatic rings. The lowest BCUT2D eigenvalue weighted by Gasteiger charge is -2.13. The molecule has 0 bridgehead atoms. The summed E-state index contributed by atoms with van der Waals surface area (Å²) in [6.45, 7) is 8.98. The van der Waals surface area contributed by atoms with Gasteiger partial charge in [-0.15, -0.1) is 0 Å². The second-order valence-electron chi connectivity index (χ2n) is 5.71. The van der Waals surface area contributed by atoms with Crippen LogP contribution in [0.25, 0.3) is 12.3 Å². The first-order chi connectivity index (χ1) is 11.9. The maximum Gasteiger partial charge on any atom is 0.308 e. The Morgan fingerprint density at radius 1 is 1.04 bits per heavy atom. The van der Waals surface area contributed by atoms with Crippen molar-refractivity contribution in [2.45, 2.75) is 33.8 Å². The Morgan fingerprint density at radius 2 is 1.76 bits per heavy atom. The minimum Gasteiger partial charge on any atom is -0.461 e. The third kappa shape index (κ3) is 4.80. The third-order valence-electron chi connectivity index (χ3n) is 3.76. The molecular formula is C21H22O4. The van der Waals surface area contributed by atoms with Gasteiger partial charge in [-0.25, -0.2) is 0 Å². The van der Waals surface area contributed by atoms with Crippen LogP contribution in [0.3, 0.4) is 0 Å². The van der Waals surface area contributed by atoms with E-state index in [9.17, 15) is 9.59 Å². The monoisotopic (exact) mass is 338 g/mol. The van der Waals surface area contributed by atoms with Crippen LogP contribution in [0.15, 0.2) is 42.5 Å². The molecule has 0 spiro atoms. The van der Waals surface area contributed by atoms with Crippen molar-refractivity contribution in [3.63, 3.8) is 0 Å². The van der Waals surface area contributed by atoms with Crippen LogP contribution < -0.4 is 10.4 Å². The summed E-state index contributed by atoms with van der Waals surface area (Å²) in [6.07, 6.45) is 0.898. The van der Waals surface area contributed by atoms with Gasteiger partial charge < -0.3 is 9.47 Å². The average Bonchev–Trinajstić information content (AvgIpc) is 2.58. The summed E-state index contributed by atoms with van der Waals surface area (Å²) >= 11 is 0. The summed E-state index contributed by atoms with van der Waals surface area (Å²) in [6, 6.07) is 13.2. The van der Waals surface area contributed by atoms with Crippen molar-refractivity contribution in [2.24, 2.45) is 0 Å². The number of esters is 2. The predicted molar refractivity (Wildman–Crippen MR) is 96.8 cm³/mol. The van der Waals surface area contributed by atoms with Gasteiger partial charge in [0.2, 0.25) is 0 Å². The lowest BCUT2D eigenvalue weighted by atomic mass is 10.0. The zero-order valence-electron chi connectivity index (χ0n) is 14.8. The Kier molecular flexibility index (Phi) is 6.12. The van der Waals surface area contributed by atoms with Crippen LogP contribution in [0.5, 0.6) is 0 Å². The molecular weight excluding hydrogens is 316 g/mol. The maximum absolute atomic E-state index is 11.7. The van der Waals surface area contributed by atoms with Gasteiger partial charge in [0.1, 0.15) is 12.4 Å². The summed E-state index contributed by atoms with van der Waals surface area (Å²) in [5, 5.41) is 1.51. The Balaban J connectivity index is 2.68. The van der Waals surface area contributed by atoms with Crippen LogP contribution in [0, 0.1) is 0 Å². The van der Waals surface area contributed by atoms with E-state index in [1.807, 2.05) is 42.5 Å². The Morgan fingerprint density at radius 3 is 2.36 bits per heavy atom. The first-order valence-electron chi connectivity index (χ1n) is 8.14. The van der Waals surface area contributed by atoms with Crippen LogP contribution in [0.1, 0.15) is 37.5 Å². The molecule has 130 valence electrons. The summed E-state index contributed by atoms with van der Waals surface area (Å²) < 4.78 is 10.6. The van der Waals surface area contributed by atoms with E-state index >= 15 is 0 Å². The van der Waals surface area contributed by atoms with Gasteiger partial charge in [-0.3, -0.25) is 9.59 Å². The van der Waals surface area contributed by atoms with Crippen molar-refractivity contribution in [3.8, 4) is 0 Å². The first kappa shape index (κ1) is 18.5. The Labute approximate surface area is 147 Å². The highest BCUT2D eigenvalue weighted by molar-refractivity contribution is 5.77. The highest BCUT2D eigenvalue weighted by atomic mass is 16.5. The van der Waals surface area contributed by atoms with Crippen LogP contribution in [0.4, 0.5) is 0 Å². The number of hydrogen-bond acceptors (Lipinski definition) is 4. The predicted octanol–water partition coefficient (Wildman–Crippen LogP) is 2.44. The molecule has 0 aliphatic heterocycles. The van der Waals surface area contributed by atoms with E-state index in [2.05, 4.69) is 13.5 Å². The molecule has 0 aliphatic carbocycles. The van der Waals surface area contributed by atoms with Crippen molar-refractivity contribution in [3.05, 3.63) is 69.6 Å². The number of aryl methyl sites for hydroxylation is 1. The van der Waals surface area contributed by atoms with Crippen molar-refractivity contribution in [1.29, 1.82) is 0 Å². The molecule has 0 aromatic heterocycles. The molecule has 0 amide bonds. The quantitative estimate of drug-likeness (QED) is 0.786. The minimum atomic E-state index is -0.420. The lowest BCUT2D eigenvalue weighted by Crippen LogP contribution is -2.28. The number of benzene rings is 2. The molecule has 0 aliphatic rings. The molecule has 0 unspecified atom stereocenters. The summed E-state index contributed by atoms with van der Waals surface area (Å²) in [5.41, 5.74) is 2.62. The second-order valence-corrected chi connectivity index (χ2v) is 5.71. The summed E-state index contributed by atoms with van der Waals surface area (Å²) in [4.78, 5) is 22.8. The molecule has 25 heavy (non-hydrogen) atoms. The van der Waals surface area contributed by atoms with Gasteiger partial charge in [0, 0.05) is 30.2 Å². The van der Waals surface area contributed by atoms with Crippen LogP contribution in [-0.4, -0.2) is 11.9 Å². The highest BCUT2D eigenvalue weighted by Gasteiger charge is 2.13. The smallest absolute Gasteiger partial charge is 0.308 e. The van der Waals surface area contributed by atoms with Gasteiger partial charge in [-0.2, -0.15) is 0 Å². The fourth-order valence-electron chi connectivity index (χ4n) is 2.53. The molecule has 2 aromatic carbocycles. The van der Waals surface area contributed by atoms with Gasteiger partial charge in [-0.05, 0) is 17.2 Å². The summed E-state index contributed by atoms with van der Waals surface area (Å²) in [5.74, 6) is -0.367. The fraction of sp³-hybridized carbons (Fsp3) is 0.238. The standard InChI is InChI=1S/C21H22O4/c1-5-17-10-11-19(14(2)12-17)21(25-16(4)23)20-9-7-6-8-18(20)13-24-15(3)22/h6-12H,2,5,13H2,1,3-4H3/b21-19+. The lowest BCUT2D eigenvalue weighted by molar-refractivity contribution is -0.142. The average molecular weight is 338 g/mol. The van der Waals surface area contributed by atoms with Gasteiger partial charge in [0.25, 0.3) is 0 Å². The number of carbonyl (C=O) groups excluding carboxylic acids is 2. The topological polar surface area (TPSA) is 52.6 Å². The molecule has 0 N–H and O–H groups in total. The molecule has 4 heteroatoms. The number of rotatable bonds is 5.